The lowest BCUT2D eigenvalue weighted by molar-refractivity contribution is -0.119. The standard InChI is InChI=1S/C12H23OS/c1-10(2)12(13)9-14(3)11-7-5-4-6-8-11/h10-11H,4-9H2,1-3H3/q+1. The number of carbonyl (C=O) groups excluding carboxylic acids is 1. The van der Waals surface area contributed by atoms with Crippen molar-refractivity contribution in [3.63, 3.8) is 0 Å². The van der Waals surface area contributed by atoms with Crippen LogP contribution in [0.25, 0.3) is 0 Å². The van der Waals surface area contributed by atoms with E-state index in [2.05, 4.69) is 6.26 Å². The Morgan fingerprint density at radius 2 is 1.86 bits per heavy atom. The molecule has 0 aromatic heterocycles. The van der Waals surface area contributed by atoms with Crippen LogP contribution in [0, 0.1) is 5.92 Å². The first-order chi connectivity index (χ1) is 6.61. The molecule has 0 spiro atoms. The number of carbonyl (C=O) groups is 1. The Balaban J connectivity index is 2.32. The predicted octanol–water partition coefficient (Wildman–Crippen LogP) is 2.79. The molecule has 1 atom stereocenters. The van der Waals surface area contributed by atoms with Crippen LogP contribution in [0.5, 0.6) is 0 Å². The molecule has 14 heavy (non-hydrogen) atoms. The monoisotopic (exact) mass is 215 g/mol. The lowest BCUT2D eigenvalue weighted by Gasteiger charge is -2.20. The van der Waals surface area contributed by atoms with E-state index < -0.39 is 0 Å². The topological polar surface area (TPSA) is 17.1 Å². The fraction of sp³-hybridized carbons (Fsp3) is 0.917. The van der Waals surface area contributed by atoms with Gasteiger partial charge in [0, 0.05) is 5.92 Å². The second kappa shape index (κ2) is 5.79. The maximum atomic E-state index is 11.6. The number of hydrogen-bond donors (Lipinski definition) is 0. The predicted molar refractivity (Wildman–Crippen MR) is 64.9 cm³/mol. The van der Waals surface area contributed by atoms with Gasteiger partial charge in [0.05, 0.1) is 6.26 Å². The fourth-order valence-corrected chi connectivity index (χ4v) is 4.13. The Kier molecular flexibility index (Phi) is 5.00. The van der Waals surface area contributed by atoms with Crippen molar-refractivity contribution in [3.05, 3.63) is 0 Å². The van der Waals surface area contributed by atoms with Gasteiger partial charge >= 0.3 is 0 Å². The van der Waals surface area contributed by atoms with Crippen LogP contribution in [0.1, 0.15) is 46.0 Å². The van der Waals surface area contributed by atoms with Crippen molar-refractivity contribution in [3.8, 4) is 0 Å². The summed E-state index contributed by atoms with van der Waals surface area (Å²) in [6.45, 7) is 4.03. The summed E-state index contributed by atoms with van der Waals surface area (Å²) in [5.41, 5.74) is 0. The molecule has 1 saturated carbocycles. The van der Waals surface area contributed by atoms with Gasteiger partial charge in [-0.2, -0.15) is 0 Å². The molecule has 0 aromatic rings. The van der Waals surface area contributed by atoms with E-state index in [1.807, 2.05) is 13.8 Å². The van der Waals surface area contributed by atoms with E-state index in [0.717, 1.165) is 11.0 Å². The molecule has 82 valence electrons. The molecule has 2 heteroatoms. The van der Waals surface area contributed by atoms with Gasteiger partial charge in [-0.25, -0.2) is 0 Å². The third-order valence-electron chi connectivity index (χ3n) is 3.14. The van der Waals surface area contributed by atoms with Gasteiger partial charge < -0.3 is 0 Å². The third kappa shape index (κ3) is 3.64. The smallest absolute Gasteiger partial charge is 0.184 e. The minimum atomic E-state index is 0.230. The Bertz CT molecular complexity index is 183. The Labute approximate surface area is 91.0 Å². The largest absolute Gasteiger partial charge is 0.294 e. The van der Waals surface area contributed by atoms with Gasteiger partial charge in [-0.1, -0.05) is 20.3 Å². The van der Waals surface area contributed by atoms with Gasteiger partial charge in [-0.15, -0.1) is 0 Å². The van der Waals surface area contributed by atoms with Gasteiger partial charge in [0.1, 0.15) is 5.25 Å². The van der Waals surface area contributed by atoms with E-state index in [9.17, 15) is 4.79 Å². The Morgan fingerprint density at radius 1 is 1.29 bits per heavy atom. The van der Waals surface area contributed by atoms with Crippen LogP contribution < -0.4 is 0 Å². The van der Waals surface area contributed by atoms with Crippen molar-refractivity contribution in [1.29, 1.82) is 0 Å². The van der Waals surface area contributed by atoms with Crippen LogP contribution in [0.4, 0.5) is 0 Å². The molecule has 0 N–H and O–H groups in total. The van der Waals surface area contributed by atoms with Crippen molar-refractivity contribution in [2.24, 2.45) is 5.92 Å². The van der Waals surface area contributed by atoms with Crippen molar-refractivity contribution in [1.82, 2.24) is 0 Å². The van der Waals surface area contributed by atoms with Crippen LogP contribution >= 0.6 is 0 Å². The quantitative estimate of drug-likeness (QED) is 0.659. The Morgan fingerprint density at radius 3 is 2.36 bits per heavy atom. The molecule has 0 amide bonds. The number of Topliss-reactive ketones (excluding diaryl/α,β-unsaturated/α-hetero) is 1. The lowest BCUT2D eigenvalue weighted by atomic mass is 10.0. The van der Waals surface area contributed by atoms with Crippen molar-refractivity contribution in [2.45, 2.75) is 51.2 Å². The van der Waals surface area contributed by atoms with Crippen LogP contribution in [-0.2, 0) is 15.7 Å². The normalized spacial score (nSPS) is 21.1. The summed E-state index contributed by atoms with van der Waals surface area (Å²) in [5.74, 6) is 1.53. The molecule has 1 unspecified atom stereocenters. The zero-order chi connectivity index (χ0) is 10.6. The van der Waals surface area contributed by atoms with Gasteiger partial charge in [-0.05, 0) is 36.6 Å². The highest BCUT2D eigenvalue weighted by molar-refractivity contribution is 7.97. The highest BCUT2D eigenvalue weighted by Crippen LogP contribution is 2.24. The minimum absolute atomic E-state index is 0.230. The van der Waals surface area contributed by atoms with E-state index in [1.54, 1.807) is 0 Å². The molecule has 1 aliphatic rings. The van der Waals surface area contributed by atoms with Crippen molar-refractivity contribution in [2.75, 3.05) is 12.0 Å². The number of rotatable bonds is 4. The van der Waals surface area contributed by atoms with E-state index >= 15 is 0 Å². The molecule has 1 nitrogen and oxygen atoms in total. The van der Waals surface area contributed by atoms with Gasteiger partial charge in [-0.3, -0.25) is 4.79 Å². The second-order valence-corrected chi connectivity index (χ2v) is 7.05. The maximum Gasteiger partial charge on any atom is 0.184 e. The van der Waals surface area contributed by atoms with Crippen molar-refractivity contribution >= 4 is 16.7 Å². The summed E-state index contributed by atoms with van der Waals surface area (Å²) in [5, 5.41) is 0.853. The van der Waals surface area contributed by atoms with E-state index in [4.69, 9.17) is 0 Å². The van der Waals surface area contributed by atoms with Crippen LogP contribution in [0.15, 0.2) is 0 Å². The SMILES string of the molecule is CC(C)C(=O)C[S+](C)C1CCCCC1. The average molecular weight is 215 g/mol. The summed E-state index contributed by atoms with van der Waals surface area (Å²) in [6.07, 6.45) is 9.20. The summed E-state index contributed by atoms with van der Waals surface area (Å²) in [4.78, 5) is 11.6. The molecule has 1 aliphatic carbocycles. The molecular weight excluding hydrogens is 192 g/mol. The Hall–Kier alpha value is 0.0200. The number of hydrogen-bond acceptors (Lipinski definition) is 1. The molecule has 0 aliphatic heterocycles. The first kappa shape index (κ1) is 12.1. The first-order valence-electron chi connectivity index (χ1n) is 5.75. The maximum absolute atomic E-state index is 11.6. The fourth-order valence-electron chi connectivity index (χ4n) is 1.98. The lowest BCUT2D eigenvalue weighted by Crippen LogP contribution is -2.30. The summed E-state index contributed by atoms with van der Waals surface area (Å²) in [7, 11) is 0.343. The van der Waals surface area contributed by atoms with Crippen LogP contribution in [0.3, 0.4) is 0 Å². The average Bonchev–Trinajstić information content (AvgIpc) is 2.19. The molecule has 1 rings (SSSR count). The van der Waals surface area contributed by atoms with E-state index in [0.29, 0.717) is 16.7 Å². The van der Waals surface area contributed by atoms with Crippen molar-refractivity contribution < 1.29 is 4.79 Å². The molecular formula is C12H23OS+. The van der Waals surface area contributed by atoms with Crippen LogP contribution in [-0.4, -0.2) is 23.0 Å². The molecule has 1 fully saturated rings. The highest BCUT2D eigenvalue weighted by atomic mass is 32.2. The molecule has 0 saturated heterocycles. The zero-order valence-electron chi connectivity index (χ0n) is 9.71. The van der Waals surface area contributed by atoms with Gasteiger partial charge in [0.2, 0.25) is 0 Å². The van der Waals surface area contributed by atoms with Gasteiger partial charge in [0.15, 0.2) is 11.5 Å². The third-order valence-corrected chi connectivity index (χ3v) is 5.48. The minimum Gasteiger partial charge on any atom is -0.294 e. The van der Waals surface area contributed by atoms with Crippen LogP contribution in [0.2, 0.25) is 0 Å². The van der Waals surface area contributed by atoms with E-state index in [1.165, 1.54) is 32.1 Å². The van der Waals surface area contributed by atoms with E-state index in [-0.39, 0.29) is 5.92 Å². The highest BCUT2D eigenvalue weighted by Gasteiger charge is 2.30. The molecule has 0 radical (unpaired) electrons. The van der Waals surface area contributed by atoms with Gasteiger partial charge in [0.25, 0.3) is 0 Å². The first-order valence-corrected chi connectivity index (χ1v) is 7.62. The molecule has 0 heterocycles. The zero-order valence-corrected chi connectivity index (χ0v) is 10.5. The molecule has 0 aromatic carbocycles. The second-order valence-electron chi connectivity index (χ2n) is 4.72. The molecule has 0 bridgehead atoms. The summed E-state index contributed by atoms with van der Waals surface area (Å²) in [6, 6.07) is 0. The summed E-state index contributed by atoms with van der Waals surface area (Å²) < 4.78 is 0. The number of ketones is 1. The summed E-state index contributed by atoms with van der Waals surface area (Å²) >= 11 is 0.